The zero-order valence-corrected chi connectivity index (χ0v) is 13.1. The number of nitrogens with zero attached hydrogens (tertiary/aromatic N) is 3. The fourth-order valence-electron chi connectivity index (χ4n) is 2.94. The number of imidazole rings is 1. The minimum absolute atomic E-state index is 0.238. The number of hydrogen-bond acceptors (Lipinski definition) is 2. The molecular formula is C16H21ClFN3. The predicted molar refractivity (Wildman–Crippen MR) is 84.4 cm³/mol. The van der Waals surface area contributed by atoms with Gasteiger partial charge in [-0.1, -0.05) is 6.92 Å². The molecule has 114 valence electrons. The molecule has 0 aliphatic heterocycles. The molecule has 0 amide bonds. The molecule has 3 nitrogen and oxygen atoms in total. The summed E-state index contributed by atoms with van der Waals surface area (Å²) in [5.74, 6) is 1.25. The maximum absolute atomic E-state index is 13.4. The van der Waals surface area contributed by atoms with Crippen LogP contribution in [0.1, 0.15) is 25.6 Å². The third-order valence-electron chi connectivity index (χ3n) is 4.19. The number of fused-ring (bicyclic) bond motifs is 1. The highest BCUT2D eigenvalue weighted by Crippen LogP contribution is 2.26. The van der Waals surface area contributed by atoms with Gasteiger partial charge in [0.25, 0.3) is 0 Å². The summed E-state index contributed by atoms with van der Waals surface area (Å²) in [6, 6.07) is 5.59. The van der Waals surface area contributed by atoms with Crippen molar-refractivity contribution in [3.63, 3.8) is 0 Å². The molecule has 3 rings (SSSR count). The van der Waals surface area contributed by atoms with E-state index in [-0.39, 0.29) is 5.82 Å². The number of benzene rings is 1. The molecule has 1 aliphatic carbocycles. The van der Waals surface area contributed by atoms with E-state index in [1.165, 1.54) is 25.0 Å². The molecular weight excluding hydrogens is 289 g/mol. The molecule has 0 saturated heterocycles. The molecule has 1 aromatic heterocycles. The van der Waals surface area contributed by atoms with Crippen molar-refractivity contribution in [2.75, 3.05) is 19.0 Å². The van der Waals surface area contributed by atoms with Crippen molar-refractivity contribution in [1.29, 1.82) is 0 Å². The van der Waals surface area contributed by atoms with Crippen molar-refractivity contribution in [1.82, 2.24) is 14.5 Å². The Labute approximate surface area is 129 Å². The summed E-state index contributed by atoms with van der Waals surface area (Å²) in [6.45, 7) is 5.19. The van der Waals surface area contributed by atoms with E-state index in [1.807, 2.05) is 6.07 Å². The lowest BCUT2D eigenvalue weighted by Crippen LogP contribution is -2.29. The van der Waals surface area contributed by atoms with Crippen LogP contribution in [0.15, 0.2) is 18.2 Å². The average Bonchev–Trinajstić information content (AvgIpc) is 3.24. The SMILES string of the molecule is CCN(CCn1c(CCCl)nc2cc(F)ccc21)C1CC1. The second-order valence-electron chi connectivity index (χ2n) is 5.61. The van der Waals surface area contributed by atoms with Gasteiger partial charge in [-0.15, -0.1) is 11.6 Å². The number of rotatable bonds is 7. The first kappa shape index (κ1) is 14.8. The topological polar surface area (TPSA) is 21.1 Å². The third kappa shape index (κ3) is 3.22. The highest BCUT2D eigenvalue weighted by molar-refractivity contribution is 6.17. The Morgan fingerprint density at radius 3 is 2.90 bits per heavy atom. The van der Waals surface area contributed by atoms with Crippen molar-refractivity contribution in [3.05, 3.63) is 29.8 Å². The molecule has 1 aliphatic rings. The van der Waals surface area contributed by atoms with Gasteiger partial charge in [-0.3, -0.25) is 4.90 Å². The molecule has 1 aromatic carbocycles. The van der Waals surface area contributed by atoms with Gasteiger partial charge in [0.15, 0.2) is 0 Å². The molecule has 21 heavy (non-hydrogen) atoms. The van der Waals surface area contributed by atoms with E-state index in [2.05, 4.69) is 21.4 Å². The number of likely N-dealkylation sites (N-methyl/N-ethyl adjacent to an activating group) is 1. The highest BCUT2D eigenvalue weighted by Gasteiger charge is 2.27. The maximum atomic E-state index is 13.4. The monoisotopic (exact) mass is 309 g/mol. The summed E-state index contributed by atoms with van der Waals surface area (Å²) in [5, 5.41) is 0. The summed E-state index contributed by atoms with van der Waals surface area (Å²) < 4.78 is 15.6. The minimum atomic E-state index is -0.238. The van der Waals surface area contributed by atoms with Crippen molar-refractivity contribution in [3.8, 4) is 0 Å². The minimum Gasteiger partial charge on any atom is -0.327 e. The molecule has 0 spiro atoms. The van der Waals surface area contributed by atoms with Crippen molar-refractivity contribution >= 4 is 22.6 Å². The van der Waals surface area contributed by atoms with Crippen LogP contribution in [0.25, 0.3) is 11.0 Å². The highest BCUT2D eigenvalue weighted by atomic mass is 35.5. The van der Waals surface area contributed by atoms with E-state index < -0.39 is 0 Å². The molecule has 0 unspecified atom stereocenters. The lowest BCUT2D eigenvalue weighted by molar-refractivity contribution is 0.266. The van der Waals surface area contributed by atoms with Gasteiger partial charge >= 0.3 is 0 Å². The summed E-state index contributed by atoms with van der Waals surface area (Å²) in [5.41, 5.74) is 1.73. The number of aromatic nitrogens is 2. The average molecular weight is 310 g/mol. The van der Waals surface area contributed by atoms with Crippen molar-refractivity contribution in [2.45, 2.75) is 38.8 Å². The standard InChI is InChI=1S/C16H21ClFN3/c1-2-20(13-4-5-13)9-10-21-15-6-3-12(18)11-14(15)19-16(21)7-8-17/h3,6,11,13H,2,4-5,7-10H2,1H3. The normalized spacial score (nSPS) is 15.2. The van der Waals surface area contributed by atoms with Crippen molar-refractivity contribution in [2.24, 2.45) is 0 Å². The Morgan fingerprint density at radius 2 is 2.24 bits per heavy atom. The maximum Gasteiger partial charge on any atom is 0.125 e. The number of halogens is 2. The lowest BCUT2D eigenvalue weighted by atomic mass is 10.3. The molecule has 0 N–H and O–H groups in total. The third-order valence-corrected chi connectivity index (χ3v) is 4.38. The number of aryl methyl sites for hydroxylation is 1. The Morgan fingerprint density at radius 1 is 1.43 bits per heavy atom. The quantitative estimate of drug-likeness (QED) is 0.731. The summed E-state index contributed by atoms with van der Waals surface area (Å²) in [4.78, 5) is 7.06. The number of alkyl halides is 1. The van der Waals surface area contributed by atoms with Crippen LogP contribution in [0.5, 0.6) is 0 Å². The van der Waals surface area contributed by atoms with E-state index in [9.17, 15) is 4.39 Å². The fraction of sp³-hybridized carbons (Fsp3) is 0.562. The van der Waals surface area contributed by atoms with Gasteiger partial charge in [0, 0.05) is 37.5 Å². The second kappa shape index (κ2) is 6.32. The van der Waals surface area contributed by atoms with Gasteiger partial charge in [0.2, 0.25) is 0 Å². The van der Waals surface area contributed by atoms with Crippen LogP contribution < -0.4 is 0 Å². The molecule has 1 fully saturated rings. The van der Waals surface area contributed by atoms with Crippen LogP contribution in [-0.2, 0) is 13.0 Å². The molecule has 1 heterocycles. The molecule has 0 bridgehead atoms. The predicted octanol–water partition coefficient (Wildman–Crippen LogP) is 3.44. The van der Waals surface area contributed by atoms with Gasteiger partial charge in [0.05, 0.1) is 11.0 Å². The van der Waals surface area contributed by atoms with Crippen LogP contribution in [-0.4, -0.2) is 39.5 Å². The fourth-order valence-corrected chi connectivity index (χ4v) is 3.11. The van der Waals surface area contributed by atoms with E-state index >= 15 is 0 Å². The second-order valence-corrected chi connectivity index (χ2v) is 5.99. The zero-order chi connectivity index (χ0) is 14.8. The Balaban J connectivity index is 1.85. The van der Waals surface area contributed by atoms with E-state index in [1.54, 1.807) is 0 Å². The van der Waals surface area contributed by atoms with Crippen LogP contribution in [0.2, 0.25) is 0 Å². The summed E-state index contributed by atoms with van der Waals surface area (Å²) in [6.07, 6.45) is 3.35. The van der Waals surface area contributed by atoms with E-state index in [4.69, 9.17) is 11.6 Å². The van der Waals surface area contributed by atoms with Crippen molar-refractivity contribution < 1.29 is 4.39 Å². The van der Waals surface area contributed by atoms with E-state index in [0.717, 1.165) is 42.5 Å². The molecule has 0 atom stereocenters. The molecule has 0 radical (unpaired) electrons. The number of hydrogen-bond donors (Lipinski definition) is 0. The van der Waals surface area contributed by atoms with Gasteiger partial charge < -0.3 is 4.57 Å². The van der Waals surface area contributed by atoms with Gasteiger partial charge in [-0.25, -0.2) is 9.37 Å². The molecule has 5 heteroatoms. The van der Waals surface area contributed by atoms with Gasteiger partial charge in [-0.2, -0.15) is 0 Å². The Hall–Kier alpha value is -1.13. The molecule has 2 aromatic rings. The summed E-state index contributed by atoms with van der Waals surface area (Å²) >= 11 is 5.88. The summed E-state index contributed by atoms with van der Waals surface area (Å²) in [7, 11) is 0. The zero-order valence-electron chi connectivity index (χ0n) is 12.4. The largest absolute Gasteiger partial charge is 0.327 e. The Kier molecular flexibility index (Phi) is 4.45. The van der Waals surface area contributed by atoms with Gasteiger partial charge in [0.1, 0.15) is 11.6 Å². The lowest BCUT2D eigenvalue weighted by Gasteiger charge is -2.20. The van der Waals surface area contributed by atoms with Crippen LogP contribution in [0.4, 0.5) is 4.39 Å². The smallest absolute Gasteiger partial charge is 0.125 e. The van der Waals surface area contributed by atoms with Crippen LogP contribution in [0.3, 0.4) is 0 Å². The Bertz CT molecular complexity index is 621. The first-order chi connectivity index (χ1) is 10.2. The van der Waals surface area contributed by atoms with Crippen LogP contribution in [0, 0.1) is 5.82 Å². The first-order valence-electron chi connectivity index (χ1n) is 7.67. The molecule has 1 saturated carbocycles. The van der Waals surface area contributed by atoms with E-state index in [0.29, 0.717) is 12.3 Å². The van der Waals surface area contributed by atoms with Gasteiger partial charge in [-0.05, 0) is 31.5 Å². The van der Waals surface area contributed by atoms with Crippen LogP contribution >= 0.6 is 11.6 Å². The first-order valence-corrected chi connectivity index (χ1v) is 8.21.